The van der Waals surface area contributed by atoms with Crippen LogP contribution in [0.2, 0.25) is 0 Å². The summed E-state index contributed by atoms with van der Waals surface area (Å²) in [7, 11) is -19.3. The van der Waals surface area contributed by atoms with Crippen LogP contribution in [-0.4, -0.2) is 137 Å². The number of rotatable bonds is 64. The first-order valence-corrected chi connectivity index (χ1v) is 54.4. The number of nitrogens with one attached hydrogen (secondary N) is 8. The highest BCUT2D eigenvalue weighted by molar-refractivity contribution is 7.91. The van der Waals surface area contributed by atoms with E-state index in [1.165, 1.54) is 72.8 Å². The maximum Gasteiger partial charge on any atom is 0.333 e. The fourth-order valence-corrected chi connectivity index (χ4v) is 18.7. The van der Waals surface area contributed by atoms with Gasteiger partial charge in [-0.3, -0.25) is 0 Å². The summed E-state index contributed by atoms with van der Waals surface area (Å²) in [5, 5.41) is 11.2. The van der Waals surface area contributed by atoms with Crippen molar-refractivity contribution < 1.29 is 110 Å². The minimum Gasteiger partial charge on any atom is -0.493 e. The molecule has 1 aliphatic rings. The third-order valence-corrected chi connectivity index (χ3v) is 27.0. The summed E-state index contributed by atoms with van der Waals surface area (Å²) in [6.07, 6.45) is 23.1. The van der Waals surface area contributed by atoms with Crippen molar-refractivity contribution in [3.8, 4) is 69.0 Å². The quantitative estimate of drug-likeness (QED) is 0.0130. The Morgan fingerprint density at radius 2 is 0.382 bits per heavy atom. The summed E-state index contributed by atoms with van der Waals surface area (Å²) in [6.45, 7) is 39.5. The van der Waals surface area contributed by atoms with Gasteiger partial charge < -0.3 is 78.1 Å². The zero-order valence-electron chi connectivity index (χ0n) is 82.7. The molecule has 0 unspecified atom stereocenters. The van der Waals surface area contributed by atoms with Crippen molar-refractivity contribution in [2.24, 2.45) is 0 Å². The van der Waals surface area contributed by atoms with E-state index >= 15 is 19.2 Å². The molecule has 0 saturated heterocycles. The van der Waals surface area contributed by atoms with Gasteiger partial charge in [0.1, 0.15) is 69.0 Å². The number of ether oxygens (including phenoxy) is 12. The van der Waals surface area contributed by atoms with Crippen molar-refractivity contribution in [2.45, 2.75) is 201 Å². The lowest BCUT2D eigenvalue weighted by Gasteiger charge is -2.25. The highest BCUT2D eigenvalue weighted by Crippen LogP contribution is 2.45. The van der Waals surface area contributed by atoms with Crippen LogP contribution in [0.15, 0.2) is 242 Å². The van der Waals surface area contributed by atoms with Crippen LogP contribution in [0.4, 0.5) is 41.9 Å². The predicted molar refractivity (Wildman–Crippen MR) is 563 cm³/mol. The van der Waals surface area contributed by atoms with E-state index in [4.69, 9.17) is 56.8 Å². The number of carbonyl (C=O) groups excluding carboxylic acids is 4. The van der Waals surface area contributed by atoms with Crippen LogP contribution < -0.4 is 97.0 Å². The number of anilines is 4. The van der Waals surface area contributed by atoms with Crippen molar-refractivity contribution in [1.82, 2.24) is 18.9 Å². The molecular weight excluding hydrogens is 1920 g/mol. The van der Waals surface area contributed by atoms with Gasteiger partial charge in [0.15, 0.2) is 0 Å². The van der Waals surface area contributed by atoms with Crippen molar-refractivity contribution in [3.05, 3.63) is 267 Å². The zero-order chi connectivity index (χ0) is 104. The predicted octanol–water partition coefficient (Wildman–Crippen LogP) is 22.3. The molecule has 0 aromatic heterocycles. The van der Waals surface area contributed by atoms with E-state index in [0.717, 1.165) is 25.7 Å². The van der Waals surface area contributed by atoms with Crippen LogP contribution in [-0.2, 0) is 65.8 Å². The average Bonchev–Trinajstić information content (AvgIpc) is 0.765. The first kappa shape index (κ1) is 114. The van der Waals surface area contributed by atoms with Gasteiger partial charge in [0.05, 0.1) is 98.9 Å². The molecule has 0 aliphatic heterocycles. The van der Waals surface area contributed by atoms with E-state index in [1.54, 1.807) is 97.1 Å². The SMILES string of the molecule is C=CCCOc1cc(OCCC=C)cc(S(=O)(=O)NC(=O)Nc2cc3c(OCCCCC)c(c2)Cc2cc(NC(=O)NS(=O)(=O)c4cc(OCCC=C)cc(OCCC=C)c4)cc(c2OCCCCC)Cc2cc(NC(=O)NS(=O)(=O)c4cc(OCCC=C)cc(OCCC=C)c4)cc(c2OCCCCC)Cc2cc(NC(=O)NS(=O)(=O)c4cc(OCCC=C)cc(OCCC=C)c4)cc(c2OCCCCC)C3)c1. The molecule has 0 heterocycles. The van der Waals surface area contributed by atoms with Gasteiger partial charge in [-0.1, -0.05) is 128 Å². The molecule has 8 aromatic carbocycles. The minimum atomic E-state index is -4.83. The average molecular weight is 2060 g/mol. The van der Waals surface area contributed by atoms with Crippen molar-refractivity contribution >= 4 is 87.0 Å². The molecule has 0 atom stereocenters. The van der Waals surface area contributed by atoms with E-state index in [0.29, 0.717) is 147 Å². The molecule has 8 bridgehead atoms. The summed E-state index contributed by atoms with van der Waals surface area (Å²) >= 11 is 0. The topological polar surface area (TPSA) is 412 Å². The van der Waals surface area contributed by atoms with E-state index in [-0.39, 0.29) is 197 Å². The smallest absolute Gasteiger partial charge is 0.333 e. The highest BCUT2D eigenvalue weighted by atomic mass is 32.2. The summed E-state index contributed by atoms with van der Waals surface area (Å²) in [5.74, 6) is 1.73. The Kier molecular flexibility index (Phi) is 46.3. The Hall–Kier alpha value is -13.8. The van der Waals surface area contributed by atoms with Crippen LogP contribution in [0.3, 0.4) is 0 Å². The lowest BCUT2D eigenvalue weighted by Crippen LogP contribution is -2.34. The van der Waals surface area contributed by atoms with Gasteiger partial charge >= 0.3 is 24.1 Å². The number of carbonyl (C=O) groups is 4. The number of fused-ring (bicyclic) bond motifs is 8. The number of benzene rings is 8. The summed E-state index contributed by atoms with van der Waals surface area (Å²) in [6, 6.07) is 23.6. The molecule has 8 N–H and O–H groups in total. The minimum absolute atomic E-state index is 0.0240. The number of hydrogen-bond donors (Lipinski definition) is 8. The van der Waals surface area contributed by atoms with Gasteiger partial charge in [0.2, 0.25) is 0 Å². The third-order valence-electron chi connectivity index (χ3n) is 21.8. The standard InChI is InChI=1S/C108H136N8O24S4/c1-13-25-37-49-137-101-77-53-79-59-86(110-106(118)114-142(123,124)98-71-91(131-43-31-19-7)66-92(72-98)132-44-32-20-8)61-81(102(79)138-50-38-26-14-2)55-83-63-88(112-108(120)116-144(127,128)100-75-95(135-47-35-23-11)68-96(76-100)136-48-36-24-12)64-84(104(83)140-52-40-28-16-4)56-82-62-87(111-107(119)115-143(125,126)99-73-93(133-45-33-21-9)67-94(74-99)134-46-34-22-10)60-80(103(82)139-51-39-27-15-3)54-78(101)58-85(57-77)109-105(117)113-141(121,122)97-69-89(129-41-29-17-5)65-90(70-97)130-42-30-18-6/h17-24,57-76H,5-16,25-56H2,1-4H3,(H2,109,113,117)(H2,110,114,118)(H2,111,115,119)(H2,112,116,120). The van der Waals surface area contributed by atoms with Gasteiger partial charge in [0, 0.05) is 166 Å². The number of urea groups is 4. The van der Waals surface area contributed by atoms with Gasteiger partial charge in [-0.25, -0.2) is 71.7 Å². The molecular formula is C108H136N8O24S4. The second kappa shape index (κ2) is 58.7. The first-order valence-electron chi connectivity index (χ1n) is 48.4. The molecule has 0 radical (unpaired) electrons. The molecule has 0 fully saturated rings. The monoisotopic (exact) mass is 2060 g/mol. The van der Waals surface area contributed by atoms with Crippen LogP contribution >= 0.6 is 0 Å². The molecule has 8 aromatic rings. The van der Waals surface area contributed by atoms with E-state index in [2.05, 4.69) is 92.8 Å². The normalized spacial score (nSPS) is 11.7. The first-order chi connectivity index (χ1) is 69.4. The lowest BCUT2D eigenvalue weighted by atomic mass is 9.90. The number of unbranched alkanes of at least 4 members (excludes halogenated alkanes) is 8. The number of hydrogen-bond acceptors (Lipinski definition) is 24. The second-order valence-electron chi connectivity index (χ2n) is 33.6. The van der Waals surface area contributed by atoms with Crippen molar-refractivity contribution in [2.75, 3.05) is 101 Å². The number of amides is 8. The Balaban J connectivity index is 1.37. The fourth-order valence-electron chi connectivity index (χ4n) is 14.9. The molecule has 776 valence electrons. The van der Waals surface area contributed by atoms with Crippen LogP contribution in [0.1, 0.15) is 201 Å². The molecule has 32 nitrogen and oxygen atoms in total. The highest BCUT2D eigenvalue weighted by Gasteiger charge is 2.32. The zero-order valence-corrected chi connectivity index (χ0v) is 86.0. The van der Waals surface area contributed by atoms with Gasteiger partial charge in [-0.05, 0) is 126 Å². The fraction of sp³-hybridized carbons (Fsp3) is 0.370. The van der Waals surface area contributed by atoms with Crippen molar-refractivity contribution in [3.63, 3.8) is 0 Å². The molecule has 144 heavy (non-hydrogen) atoms. The van der Waals surface area contributed by atoms with Crippen LogP contribution in [0.25, 0.3) is 0 Å². The molecule has 1 aliphatic carbocycles. The van der Waals surface area contributed by atoms with E-state index in [1.807, 2.05) is 27.7 Å². The van der Waals surface area contributed by atoms with Crippen LogP contribution in [0.5, 0.6) is 69.0 Å². The summed E-state index contributed by atoms with van der Waals surface area (Å²) in [4.78, 5) is 58.9. The van der Waals surface area contributed by atoms with E-state index < -0.39 is 83.8 Å². The van der Waals surface area contributed by atoms with Gasteiger partial charge in [-0.15, -0.1) is 52.6 Å². The van der Waals surface area contributed by atoms with Gasteiger partial charge in [0.25, 0.3) is 40.1 Å². The van der Waals surface area contributed by atoms with Crippen LogP contribution in [0, 0.1) is 0 Å². The molecule has 9 rings (SSSR count). The largest absolute Gasteiger partial charge is 0.493 e. The Bertz CT molecular complexity index is 5300. The summed E-state index contributed by atoms with van der Waals surface area (Å²) < 4.78 is 204. The Morgan fingerprint density at radius 3 is 0.521 bits per heavy atom. The number of sulfonamides is 4. The third kappa shape index (κ3) is 36.5. The lowest BCUT2D eigenvalue weighted by molar-refractivity contribution is 0.255. The Morgan fingerprint density at radius 1 is 0.229 bits per heavy atom. The molecule has 0 spiro atoms. The van der Waals surface area contributed by atoms with Gasteiger partial charge in [-0.2, -0.15) is 0 Å². The van der Waals surface area contributed by atoms with E-state index in [9.17, 15) is 33.7 Å². The molecule has 36 heteroatoms. The molecule has 8 amide bonds. The summed E-state index contributed by atoms with van der Waals surface area (Å²) in [5.41, 5.74) is 2.25. The molecule has 0 saturated carbocycles. The Labute approximate surface area is 848 Å². The second-order valence-corrected chi connectivity index (χ2v) is 40.4. The van der Waals surface area contributed by atoms with Crippen molar-refractivity contribution in [1.29, 1.82) is 0 Å². The maximum absolute atomic E-state index is 15.1. The maximum atomic E-state index is 15.1.